The van der Waals surface area contributed by atoms with Crippen LogP contribution in [0.3, 0.4) is 0 Å². The van der Waals surface area contributed by atoms with Crippen LogP contribution in [0, 0.1) is 11.3 Å². The van der Waals surface area contributed by atoms with Gasteiger partial charge in [-0.3, -0.25) is 0 Å². The molecule has 7 heteroatoms. The molecule has 0 bridgehead atoms. The van der Waals surface area contributed by atoms with Gasteiger partial charge in [-0.2, -0.15) is 18.4 Å². The number of nitrogens with zero attached hydrogens (tertiary/aromatic N) is 1. The van der Waals surface area contributed by atoms with E-state index >= 15 is 0 Å². The molecule has 0 fully saturated rings. The number of alkyl halides is 3. The first-order valence-corrected chi connectivity index (χ1v) is 4.89. The molecule has 0 aliphatic carbocycles. The zero-order valence-electron chi connectivity index (χ0n) is 9.88. The second kappa shape index (κ2) is 4.37. The summed E-state index contributed by atoms with van der Waals surface area (Å²) in [6, 6.07) is 2.12. The molecular weight excluding hydrogens is 251 g/mol. The van der Waals surface area contributed by atoms with Gasteiger partial charge in [0.05, 0.1) is 0 Å². The Bertz CT molecular complexity index is 503. The van der Waals surface area contributed by atoms with Crippen LogP contribution in [0.25, 0.3) is 0 Å². The van der Waals surface area contributed by atoms with Crippen LogP contribution in [0.5, 0.6) is 0 Å². The van der Waals surface area contributed by atoms with Crippen LogP contribution in [0.4, 0.5) is 13.2 Å². The van der Waals surface area contributed by atoms with Crippen LogP contribution in [-0.4, -0.2) is 11.6 Å². The number of hydrogen-bond acceptors (Lipinski definition) is 4. The summed E-state index contributed by atoms with van der Waals surface area (Å²) in [5.74, 6) is -3.29. The molecular formula is C11H10F3NO3. The molecule has 1 aromatic heterocycles. The maximum absolute atomic E-state index is 12.6. The summed E-state index contributed by atoms with van der Waals surface area (Å²) < 4.78 is 46.8. The number of halogens is 3. The highest BCUT2D eigenvalue weighted by Crippen LogP contribution is 2.34. The zero-order chi connectivity index (χ0) is 14.1. The minimum absolute atomic E-state index is 0.594. The Balaban J connectivity index is 3.20. The van der Waals surface area contributed by atoms with E-state index in [1.807, 2.05) is 0 Å². The van der Waals surface area contributed by atoms with Gasteiger partial charge in [0.25, 0.3) is 0 Å². The topological polar surface area (TPSA) is 63.2 Å². The standard InChI is InChI=1S/C11H10F3NO3/c1-10(2,3)18-9(16)7-4-6(5-15)17-8(7)11(12,13)14/h4H,1-3H3. The number of carbonyl (C=O) groups excluding carboxylic acids is 1. The van der Waals surface area contributed by atoms with Gasteiger partial charge < -0.3 is 9.15 Å². The van der Waals surface area contributed by atoms with Crippen molar-refractivity contribution in [2.45, 2.75) is 32.5 Å². The van der Waals surface area contributed by atoms with E-state index in [2.05, 4.69) is 4.42 Å². The highest BCUT2D eigenvalue weighted by atomic mass is 19.4. The third-order valence-electron chi connectivity index (χ3n) is 1.72. The van der Waals surface area contributed by atoms with Crippen LogP contribution < -0.4 is 0 Å². The monoisotopic (exact) mass is 261 g/mol. The molecule has 0 saturated heterocycles. The molecule has 0 atom stereocenters. The molecule has 0 N–H and O–H groups in total. The van der Waals surface area contributed by atoms with Crippen molar-refractivity contribution in [1.29, 1.82) is 5.26 Å². The number of hydrogen-bond donors (Lipinski definition) is 0. The van der Waals surface area contributed by atoms with Gasteiger partial charge in [0.2, 0.25) is 11.5 Å². The lowest BCUT2D eigenvalue weighted by Crippen LogP contribution is -2.25. The predicted octanol–water partition coefficient (Wildman–Crippen LogP) is 3.13. The van der Waals surface area contributed by atoms with Crippen molar-refractivity contribution in [1.82, 2.24) is 0 Å². The molecule has 0 saturated carbocycles. The van der Waals surface area contributed by atoms with Gasteiger partial charge in [-0.05, 0) is 20.8 Å². The van der Waals surface area contributed by atoms with Crippen molar-refractivity contribution in [2.24, 2.45) is 0 Å². The van der Waals surface area contributed by atoms with Crippen LogP contribution >= 0.6 is 0 Å². The minimum Gasteiger partial charge on any atom is -0.456 e. The van der Waals surface area contributed by atoms with E-state index < -0.39 is 34.8 Å². The molecule has 0 aliphatic rings. The van der Waals surface area contributed by atoms with Crippen molar-refractivity contribution < 1.29 is 27.1 Å². The van der Waals surface area contributed by atoms with Crippen molar-refractivity contribution in [3.05, 3.63) is 23.2 Å². The lowest BCUT2D eigenvalue weighted by molar-refractivity contribution is -0.153. The quantitative estimate of drug-likeness (QED) is 0.728. The molecule has 0 radical (unpaired) electrons. The Kier molecular flexibility index (Phi) is 3.42. The van der Waals surface area contributed by atoms with Gasteiger partial charge in [-0.25, -0.2) is 4.79 Å². The number of furan rings is 1. The van der Waals surface area contributed by atoms with Gasteiger partial charge in [0, 0.05) is 6.07 Å². The van der Waals surface area contributed by atoms with Gasteiger partial charge in [-0.1, -0.05) is 0 Å². The van der Waals surface area contributed by atoms with E-state index in [0.29, 0.717) is 0 Å². The van der Waals surface area contributed by atoms with Gasteiger partial charge in [0.15, 0.2) is 0 Å². The van der Waals surface area contributed by atoms with Crippen molar-refractivity contribution in [3.8, 4) is 6.07 Å². The number of esters is 1. The molecule has 0 spiro atoms. The van der Waals surface area contributed by atoms with E-state index in [1.54, 1.807) is 0 Å². The second-order valence-electron chi connectivity index (χ2n) is 4.46. The fourth-order valence-electron chi connectivity index (χ4n) is 1.14. The second-order valence-corrected chi connectivity index (χ2v) is 4.46. The maximum Gasteiger partial charge on any atom is 0.450 e. The SMILES string of the molecule is CC(C)(C)OC(=O)c1cc(C#N)oc1C(F)(F)F. The largest absolute Gasteiger partial charge is 0.456 e. The smallest absolute Gasteiger partial charge is 0.450 e. The van der Waals surface area contributed by atoms with E-state index in [-0.39, 0.29) is 0 Å². The van der Waals surface area contributed by atoms with Gasteiger partial charge in [0.1, 0.15) is 17.2 Å². The first-order chi connectivity index (χ1) is 8.04. The normalized spacial score (nSPS) is 12.1. The molecule has 18 heavy (non-hydrogen) atoms. The lowest BCUT2D eigenvalue weighted by Gasteiger charge is -2.19. The minimum atomic E-state index is -4.86. The summed E-state index contributed by atoms with van der Waals surface area (Å²) in [5.41, 5.74) is -1.74. The highest BCUT2D eigenvalue weighted by Gasteiger charge is 2.41. The van der Waals surface area contributed by atoms with E-state index in [0.717, 1.165) is 6.07 Å². The predicted molar refractivity (Wildman–Crippen MR) is 53.6 cm³/mol. The van der Waals surface area contributed by atoms with Crippen molar-refractivity contribution >= 4 is 5.97 Å². The number of rotatable bonds is 1. The molecule has 1 heterocycles. The third kappa shape index (κ3) is 3.26. The molecule has 0 amide bonds. The summed E-state index contributed by atoms with van der Waals surface area (Å²) in [6.45, 7) is 4.55. The van der Waals surface area contributed by atoms with E-state index in [1.165, 1.54) is 26.8 Å². The van der Waals surface area contributed by atoms with E-state index in [9.17, 15) is 18.0 Å². The summed E-state index contributed by atoms with van der Waals surface area (Å²) in [7, 11) is 0. The Morgan fingerprint density at radius 1 is 1.39 bits per heavy atom. The first-order valence-electron chi connectivity index (χ1n) is 4.89. The molecule has 1 rings (SSSR count). The number of nitriles is 1. The van der Waals surface area contributed by atoms with Crippen molar-refractivity contribution in [2.75, 3.05) is 0 Å². The van der Waals surface area contributed by atoms with Gasteiger partial charge >= 0.3 is 12.1 Å². The average molecular weight is 261 g/mol. The fraction of sp³-hybridized carbons (Fsp3) is 0.455. The van der Waals surface area contributed by atoms with Crippen LogP contribution in [0.1, 0.15) is 42.6 Å². The van der Waals surface area contributed by atoms with Crippen LogP contribution in [0.2, 0.25) is 0 Å². The Morgan fingerprint density at radius 2 is 1.94 bits per heavy atom. The average Bonchev–Trinajstić information content (AvgIpc) is 2.57. The van der Waals surface area contributed by atoms with Crippen LogP contribution in [0.15, 0.2) is 10.5 Å². The summed E-state index contributed by atoms with van der Waals surface area (Å²) in [5, 5.41) is 8.49. The molecule has 4 nitrogen and oxygen atoms in total. The van der Waals surface area contributed by atoms with Crippen molar-refractivity contribution in [3.63, 3.8) is 0 Å². The highest BCUT2D eigenvalue weighted by molar-refractivity contribution is 5.91. The third-order valence-corrected chi connectivity index (χ3v) is 1.72. The van der Waals surface area contributed by atoms with E-state index in [4.69, 9.17) is 10.00 Å². The fourth-order valence-corrected chi connectivity index (χ4v) is 1.14. The lowest BCUT2D eigenvalue weighted by atomic mass is 10.1. The Morgan fingerprint density at radius 3 is 2.33 bits per heavy atom. The number of carbonyl (C=O) groups is 1. The molecule has 1 aromatic rings. The molecule has 0 aliphatic heterocycles. The summed E-state index contributed by atoms with van der Waals surface area (Å²) >= 11 is 0. The van der Waals surface area contributed by atoms with Gasteiger partial charge in [-0.15, -0.1) is 0 Å². The van der Waals surface area contributed by atoms with Crippen LogP contribution in [-0.2, 0) is 10.9 Å². The Hall–Kier alpha value is -1.97. The first kappa shape index (κ1) is 14.1. The number of ether oxygens (including phenoxy) is 1. The molecule has 0 unspecified atom stereocenters. The zero-order valence-corrected chi connectivity index (χ0v) is 9.88. The maximum atomic E-state index is 12.6. The Labute approximate surface area is 101 Å². The summed E-state index contributed by atoms with van der Waals surface area (Å²) in [6.07, 6.45) is -4.86. The molecule has 0 aromatic carbocycles. The summed E-state index contributed by atoms with van der Waals surface area (Å²) in [4.78, 5) is 11.6. The molecule has 98 valence electrons.